The van der Waals surface area contributed by atoms with Gasteiger partial charge in [-0.15, -0.1) is 0 Å². The first-order chi connectivity index (χ1) is 6.99. The Morgan fingerprint density at radius 2 is 2.27 bits per heavy atom. The third-order valence-corrected chi connectivity index (χ3v) is 3.97. The molecule has 0 amide bonds. The Hall–Kier alpha value is -0.680. The third-order valence-electron chi connectivity index (χ3n) is 3.10. The van der Waals surface area contributed by atoms with Crippen LogP contribution in [0.3, 0.4) is 0 Å². The van der Waals surface area contributed by atoms with Gasteiger partial charge >= 0.3 is 0 Å². The summed E-state index contributed by atoms with van der Waals surface area (Å²) >= 11 is 1.48. The highest BCUT2D eigenvalue weighted by Crippen LogP contribution is 2.31. The summed E-state index contributed by atoms with van der Waals surface area (Å²) in [6, 6.07) is 0.294. The van der Waals surface area contributed by atoms with Gasteiger partial charge in [0.15, 0.2) is 0 Å². The molecular formula is C10H18N4S. The third kappa shape index (κ3) is 2.13. The lowest BCUT2D eigenvalue weighted by molar-refractivity contribution is 0.245. The second kappa shape index (κ2) is 3.72. The average Bonchev–Trinajstić information content (AvgIpc) is 2.57. The molecule has 1 fully saturated rings. The fraction of sp³-hybridized carbons (Fsp3) is 0.800. The number of aromatic nitrogens is 2. The molecule has 1 aliphatic rings. The maximum atomic E-state index is 6.10. The van der Waals surface area contributed by atoms with Crippen molar-refractivity contribution in [3.05, 3.63) is 5.82 Å². The molecule has 0 aliphatic carbocycles. The predicted molar refractivity (Wildman–Crippen MR) is 63.2 cm³/mol. The van der Waals surface area contributed by atoms with Gasteiger partial charge in [-0.3, -0.25) is 0 Å². The molecule has 0 radical (unpaired) electrons. The van der Waals surface area contributed by atoms with Crippen LogP contribution in [0, 0.1) is 12.3 Å². The minimum atomic E-state index is 0.165. The van der Waals surface area contributed by atoms with Crippen molar-refractivity contribution in [1.29, 1.82) is 0 Å². The zero-order valence-corrected chi connectivity index (χ0v) is 10.3. The monoisotopic (exact) mass is 226 g/mol. The van der Waals surface area contributed by atoms with Crippen molar-refractivity contribution in [2.75, 3.05) is 18.0 Å². The Morgan fingerprint density at radius 1 is 1.53 bits per heavy atom. The molecule has 1 atom stereocenters. The van der Waals surface area contributed by atoms with E-state index in [4.69, 9.17) is 5.73 Å². The summed E-state index contributed by atoms with van der Waals surface area (Å²) in [4.78, 5) is 6.72. The van der Waals surface area contributed by atoms with Crippen molar-refractivity contribution >= 4 is 16.7 Å². The minimum absolute atomic E-state index is 0.165. The quantitative estimate of drug-likeness (QED) is 0.786. The van der Waals surface area contributed by atoms with Crippen molar-refractivity contribution in [2.24, 2.45) is 11.1 Å². The molecule has 5 heteroatoms. The second-order valence-electron chi connectivity index (χ2n) is 4.93. The summed E-state index contributed by atoms with van der Waals surface area (Å²) in [6.45, 7) is 8.35. The van der Waals surface area contributed by atoms with E-state index in [9.17, 15) is 0 Å². The maximum Gasteiger partial charge on any atom is 0.205 e. The summed E-state index contributed by atoms with van der Waals surface area (Å²) < 4.78 is 4.22. The predicted octanol–water partition coefficient (Wildman–Crippen LogP) is 1.41. The van der Waals surface area contributed by atoms with E-state index in [1.165, 1.54) is 11.5 Å². The van der Waals surface area contributed by atoms with Crippen LogP contribution >= 0.6 is 11.5 Å². The molecule has 2 rings (SSSR count). The van der Waals surface area contributed by atoms with Crippen LogP contribution in [0.1, 0.15) is 26.1 Å². The van der Waals surface area contributed by atoms with E-state index < -0.39 is 0 Å². The minimum Gasteiger partial charge on any atom is -0.346 e. The van der Waals surface area contributed by atoms with E-state index >= 15 is 0 Å². The molecule has 0 spiro atoms. The smallest absolute Gasteiger partial charge is 0.205 e. The molecule has 0 saturated carbocycles. The molecule has 1 unspecified atom stereocenters. The van der Waals surface area contributed by atoms with Crippen LogP contribution in [0.25, 0.3) is 0 Å². The molecule has 1 aromatic heterocycles. The topological polar surface area (TPSA) is 55.0 Å². The Labute approximate surface area is 94.7 Å². The Morgan fingerprint density at radius 3 is 2.80 bits per heavy atom. The molecule has 15 heavy (non-hydrogen) atoms. The van der Waals surface area contributed by atoms with Crippen molar-refractivity contribution < 1.29 is 0 Å². The summed E-state index contributed by atoms with van der Waals surface area (Å²) in [5, 5.41) is 1.03. The average molecular weight is 226 g/mol. The van der Waals surface area contributed by atoms with Gasteiger partial charge in [0.1, 0.15) is 5.82 Å². The first-order valence-electron chi connectivity index (χ1n) is 5.30. The maximum absolute atomic E-state index is 6.10. The zero-order chi connectivity index (χ0) is 11.1. The van der Waals surface area contributed by atoms with Crippen LogP contribution in [0.5, 0.6) is 0 Å². The normalized spacial score (nSPS) is 25.6. The molecule has 1 aliphatic heterocycles. The second-order valence-corrected chi connectivity index (χ2v) is 5.66. The molecule has 4 nitrogen and oxygen atoms in total. The van der Waals surface area contributed by atoms with E-state index in [1.54, 1.807) is 0 Å². The van der Waals surface area contributed by atoms with Gasteiger partial charge in [0.2, 0.25) is 5.13 Å². The Kier molecular flexibility index (Phi) is 2.68. The summed E-state index contributed by atoms with van der Waals surface area (Å²) in [5.74, 6) is 0.864. The number of rotatable bonds is 1. The fourth-order valence-corrected chi connectivity index (χ4v) is 2.65. The van der Waals surface area contributed by atoms with E-state index in [1.807, 2.05) is 6.92 Å². The highest BCUT2D eigenvalue weighted by Gasteiger charge is 2.34. The molecule has 84 valence electrons. The van der Waals surface area contributed by atoms with E-state index in [2.05, 4.69) is 28.1 Å². The van der Waals surface area contributed by atoms with Crippen molar-refractivity contribution in [1.82, 2.24) is 9.36 Å². The van der Waals surface area contributed by atoms with Gasteiger partial charge in [-0.25, -0.2) is 4.98 Å². The first kappa shape index (κ1) is 10.8. The lowest BCUT2D eigenvalue weighted by Gasteiger charge is -2.42. The van der Waals surface area contributed by atoms with Gasteiger partial charge < -0.3 is 10.6 Å². The Bertz CT molecular complexity index is 347. The van der Waals surface area contributed by atoms with Gasteiger partial charge in [0.25, 0.3) is 0 Å². The van der Waals surface area contributed by atoms with Gasteiger partial charge in [0, 0.05) is 30.7 Å². The molecular weight excluding hydrogens is 208 g/mol. The van der Waals surface area contributed by atoms with Crippen molar-refractivity contribution in [3.8, 4) is 0 Å². The molecule has 1 aromatic rings. The molecule has 0 bridgehead atoms. The largest absolute Gasteiger partial charge is 0.346 e. The number of nitrogens with zero attached hydrogens (tertiary/aromatic N) is 3. The number of hydrogen-bond acceptors (Lipinski definition) is 5. The van der Waals surface area contributed by atoms with Crippen LogP contribution in [0.4, 0.5) is 5.13 Å². The number of anilines is 1. The van der Waals surface area contributed by atoms with E-state index in [0.29, 0.717) is 6.04 Å². The number of piperidine rings is 1. The van der Waals surface area contributed by atoms with Crippen molar-refractivity contribution in [2.45, 2.75) is 33.2 Å². The van der Waals surface area contributed by atoms with Crippen LogP contribution in [-0.4, -0.2) is 28.5 Å². The zero-order valence-electron chi connectivity index (χ0n) is 9.53. The summed E-state index contributed by atoms with van der Waals surface area (Å²) in [7, 11) is 0. The number of hydrogen-bond donors (Lipinski definition) is 1. The standard InChI is InChI=1S/C10H18N4S/c1-7-12-9(15-13-7)14-5-4-8(11)10(2,3)6-14/h8H,4-6,11H2,1-3H3. The highest BCUT2D eigenvalue weighted by atomic mass is 32.1. The number of aryl methyl sites for hydroxylation is 1. The summed E-state index contributed by atoms with van der Waals surface area (Å²) in [5.41, 5.74) is 6.26. The lowest BCUT2D eigenvalue weighted by atomic mass is 9.80. The van der Waals surface area contributed by atoms with Crippen molar-refractivity contribution in [3.63, 3.8) is 0 Å². The van der Waals surface area contributed by atoms with E-state index in [0.717, 1.165) is 30.5 Å². The lowest BCUT2D eigenvalue weighted by Crippen LogP contribution is -2.52. The highest BCUT2D eigenvalue weighted by molar-refractivity contribution is 7.09. The molecule has 1 saturated heterocycles. The molecule has 2 heterocycles. The fourth-order valence-electron chi connectivity index (χ4n) is 1.95. The van der Waals surface area contributed by atoms with Gasteiger partial charge in [-0.2, -0.15) is 4.37 Å². The van der Waals surface area contributed by atoms with Gasteiger partial charge in [0.05, 0.1) is 0 Å². The van der Waals surface area contributed by atoms with Gasteiger partial charge in [-0.05, 0) is 18.8 Å². The first-order valence-corrected chi connectivity index (χ1v) is 6.07. The van der Waals surface area contributed by atoms with Crippen LogP contribution in [0.2, 0.25) is 0 Å². The van der Waals surface area contributed by atoms with Crippen LogP contribution in [0.15, 0.2) is 0 Å². The van der Waals surface area contributed by atoms with E-state index in [-0.39, 0.29) is 5.41 Å². The SMILES string of the molecule is Cc1nsc(N2CCC(N)C(C)(C)C2)n1. The Balaban J connectivity index is 2.13. The van der Waals surface area contributed by atoms with Crippen LogP contribution < -0.4 is 10.6 Å². The van der Waals surface area contributed by atoms with Crippen LogP contribution in [-0.2, 0) is 0 Å². The molecule has 2 N–H and O–H groups in total. The number of nitrogens with two attached hydrogens (primary N) is 1. The van der Waals surface area contributed by atoms with Gasteiger partial charge in [-0.1, -0.05) is 13.8 Å². The summed E-state index contributed by atoms with van der Waals surface area (Å²) in [6.07, 6.45) is 1.03. The molecule has 0 aromatic carbocycles.